The van der Waals surface area contributed by atoms with Gasteiger partial charge >= 0.3 is 0 Å². The van der Waals surface area contributed by atoms with Crippen LogP contribution in [0.1, 0.15) is 17.3 Å². The van der Waals surface area contributed by atoms with E-state index in [1.165, 1.54) is 11.3 Å². The average molecular weight is 391 g/mol. The Kier molecular flexibility index (Phi) is 5.11. The molecular weight excluding hydrogens is 374 g/mol. The third-order valence-corrected chi connectivity index (χ3v) is 4.77. The largest absolute Gasteiger partial charge is 0.494 e. The topological polar surface area (TPSA) is 89.0 Å². The Bertz CT molecular complexity index is 1110. The van der Waals surface area contributed by atoms with Gasteiger partial charge in [-0.15, -0.1) is 0 Å². The van der Waals surface area contributed by atoms with E-state index in [4.69, 9.17) is 4.74 Å². The summed E-state index contributed by atoms with van der Waals surface area (Å²) in [4.78, 5) is 25.3. The van der Waals surface area contributed by atoms with Crippen molar-refractivity contribution in [3.05, 3.63) is 66.5 Å². The predicted molar refractivity (Wildman–Crippen MR) is 110 cm³/mol. The van der Waals surface area contributed by atoms with E-state index >= 15 is 0 Å². The lowest BCUT2D eigenvalue weighted by Gasteiger charge is -2.06. The number of amides is 1. The third-order valence-electron chi connectivity index (χ3n) is 3.84. The van der Waals surface area contributed by atoms with Crippen molar-refractivity contribution in [2.75, 3.05) is 17.2 Å². The molecule has 4 rings (SSSR count). The zero-order valence-electron chi connectivity index (χ0n) is 15.0. The maximum Gasteiger partial charge on any atom is 0.257 e. The molecule has 0 fully saturated rings. The molecule has 0 unspecified atom stereocenters. The SMILES string of the molecule is CCOc1ccc2nc(NC(=O)c3cccc(Nc4ncccn4)c3)sc2c1. The summed E-state index contributed by atoms with van der Waals surface area (Å²) >= 11 is 1.41. The van der Waals surface area contributed by atoms with E-state index in [1.807, 2.05) is 31.2 Å². The predicted octanol–water partition coefficient (Wildman–Crippen LogP) is 4.48. The van der Waals surface area contributed by atoms with E-state index < -0.39 is 0 Å². The monoisotopic (exact) mass is 391 g/mol. The fourth-order valence-corrected chi connectivity index (χ4v) is 3.50. The normalized spacial score (nSPS) is 10.6. The Morgan fingerprint density at radius 1 is 1.11 bits per heavy atom. The Labute approximate surface area is 165 Å². The molecule has 4 aromatic rings. The number of fused-ring (bicyclic) bond motifs is 1. The molecule has 0 aliphatic rings. The molecular formula is C20H17N5O2S. The number of nitrogens with zero attached hydrogens (tertiary/aromatic N) is 3. The van der Waals surface area contributed by atoms with Gasteiger partial charge < -0.3 is 10.1 Å². The number of hydrogen-bond acceptors (Lipinski definition) is 7. The van der Waals surface area contributed by atoms with Crippen molar-refractivity contribution in [3.63, 3.8) is 0 Å². The van der Waals surface area contributed by atoms with Gasteiger partial charge in [-0.3, -0.25) is 10.1 Å². The highest BCUT2D eigenvalue weighted by molar-refractivity contribution is 7.22. The summed E-state index contributed by atoms with van der Waals surface area (Å²) in [5.74, 6) is 1.02. The summed E-state index contributed by atoms with van der Waals surface area (Å²) in [6.07, 6.45) is 3.30. The van der Waals surface area contributed by atoms with Crippen molar-refractivity contribution in [3.8, 4) is 5.75 Å². The van der Waals surface area contributed by atoms with Crippen LogP contribution in [0.3, 0.4) is 0 Å². The maximum atomic E-state index is 12.6. The molecule has 0 atom stereocenters. The van der Waals surface area contributed by atoms with Crippen LogP contribution in [0.5, 0.6) is 5.75 Å². The highest BCUT2D eigenvalue weighted by Crippen LogP contribution is 2.29. The van der Waals surface area contributed by atoms with Crippen LogP contribution < -0.4 is 15.4 Å². The molecule has 2 N–H and O–H groups in total. The molecule has 2 aromatic heterocycles. The molecule has 8 heteroatoms. The summed E-state index contributed by atoms with van der Waals surface area (Å²) < 4.78 is 6.47. The summed E-state index contributed by atoms with van der Waals surface area (Å²) in [7, 11) is 0. The Morgan fingerprint density at radius 2 is 1.96 bits per heavy atom. The summed E-state index contributed by atoms with van der Waals surface area (Å²) in [6, 6.07) is 14.6. The van der Waals surface area contributed by atoms with E-state index in [9.17, 15) is 4.79 Å². The van der Waals surface area contributed by atoms with Crippen LogP contribution in [0, 0.1) is 0 Å². The van der Waals surface area contributed by atoms with Crippen LogP contribution >= 0.6 is 11.3 Å². The van der Waals surface area contributed by atoms with Crippen molar-refractivity contribution >= 4 is 44.2 Å². The number of rotatable bonds is 6. The first-order valence-corrected chi connectivity index (χ1v) is 9.52. The summed E-state index contributed by atoms with van der Waals surface area (Å²) in [5.41, 5.74) is 2.06. The molecule has 0 spiro atoms. The lowest BCUT2D eigenvalue weighted by atomic mass is 10.2. The van der Waals surface area contributed by atoms with Crippen LogP contribution in [-0.2, 0) is 0 Å². The number of aromatic nitrogens is 3. The van der Waals surface area contributed by atoms with Crippen LogP contribution in [0.4, 0.5) is 16.8 Å². The van der Waals surface area contributed by atoms with Gasteiger partial charge in [0.25, 0.3) is 5.91 Å². The standard InChI is InChI=1S/C20H17N5O2S/c1-2-27-15-7-8-16-17(12-15)28-20(24-16)25-18(26)13-5-3-6-14(11-13)23-19-21-9-4-10-22-19/h3-12H,2H2,1H3,(H,21,22,23)(H,24,25,26). The molecule has 28 heavy (non-hydrogen) atoms. The molecule has 140 valence electrons. The molecule has 7 nitrogen and oxygen atoms in total. The van der Waals surface area contributed by atoms with Gasteiger partial charge in [0.15, 0.2) is 5.13 Å². The van der Waals surface area contributed by atoms with E-state index in [2.05, 4.69) is 25.6 Å². The van der Waals surface area contributed by atoms with E-state index in [0.29, 0.717) is 23.3 Å². The number of benzene rings is 2. The quantitative estimate of drug-likeness (QED) is 0.504. The van der Waals surface area contributed by atoms with Crippen molar-refractivity contribution < 1.29 is 9.53 Å². The number of ether oxygens (including phenoxy) is 1. The van der Waals surface area contributed by atoms with Gasteiger partial charge in [-0.1, -0.05) is 17.4 Å². The zero-order chi connectivity index (χ0) is 19.3. The molecule has 0 bridgehead atoms. The molecule has 0 saturated carbocycles. The number of nitrogens with one attached hydrogen (secondary N) is 2. The van der Waals surface area contributed by atoms with Crippen molar-refractivity contribution in [1.82, 2.24) is 15.0 Å². The summed E-state index contributed by atoms with van der Waals surface area (Å²) in [5, 5.41) is 6.47. The van der Waals surface area contributed by atoms with Crippen LogP contribution in [0.25, 0.3) is 10.2 Å². The zero-order valence-corrected chi connectivity index (χ0v) is 15.9. The van der Waals surface area contributed by atoms with Crippen molar-refractivity contribution in [2.45, 2.75) is 6.92 Å². The molecule has 2 aromatic carbocycles. The Hall–Kier alpha value is -3.52. The second-order valence-electron chi connectivity index (χ2n) is 5.81. The first-order chi connectivity index (χ1) is 13.7. The smallest absolute Gasteiger partial charge is 0.257 e. The summed E-state index contributed by atoms with van der Waals surface area (Å²) in [6.45, 7) is 2.54. The van der Waals surface area contributed by atoms with Gasteiger partial charge in [0.1, 0.15) is 5.75 Å². The second kappa shape index (κ2) is 8.01. The minimum absolute atomic E-state index is 0.235. The highest BCUT2D eigenvalue weighted by atomic mass is 32.1. The third kappa shape index (κ3) is 4.07. The lowest BCUT2D eigenvalue weighted by Crippen LogP contribution is -2.11. The number of anilines is 3. The molecule has 2 heterocycles. The highest BCUT2D eigenvalue weighted by Gasteiger charge is 2.11. The maximum absolute atomic E-state index is 12.6. The first kappa shape index (κ1) is 17.9. The van der Waals surface area contributed by atoms with E-state index in [-0.39, 0.29) is 5.91 Å². The van der Waals surface area contributed by atoms with Crippen LogP contribution in [0.2, 0.25) is 0 Å². The molecule has 0 radical (unpaired) electrons. The second-order valence-corrected chi connectivity index (χ2v) is 6.84. The lowest BCUT2D eigenvalue weighted by molar-refractivity contribution is 0.102. The molecule has 1 amide bonds. The number of thiazole rings is 1. The van der Waals surface area contributed by atoms with E-state index in [1.54, 1.807) is 36.7 Å². The van der Waals surface area contributed by atoms with Crippen molar-refractivity contribution in [2.24, 2.45) is 0 Å². The molecule has 0 aliphatic heterocycles. The van der Waals surface area contributed by atoms with Gasteiger partial charge in [0.05, 0.1) is 16.8 Å². The average Bonchev–Trinajstić information content (AvgIpc) is 3.11. The van der Waals surface area contributed by atoms with Crippen LogP contribution in [-0.4, -0.2) is 27.5 Å². The number of carbonyl (C=O) groups is 1. The minimum Gasteiger partial charge on any atom is -0.494 e. The van der Waals surface area contributed by atoms with Gasteiger partial charge in [0, 0.05) is 23.6 Å². The Morgan fingerprint density at radius 3 is 2.79 bits per heavy atom. The van der Waals surface area contributed by atoms with Gasteiger partial charge in [0.2, 0.25) is 5.95 Å². The van der Waals surface area contributed by atoms with Gasteiger partial charge in [-0.2, -0.15) is 0 Å². The van der Waals surface area contributed by atoms with Gasteiger partial charge in [-0.05, 0) is 49.4 Å². The fourth-order valence-electron chi connectivity index (χ4n) is 2.62. The number of hydrogen-bond donors (Lipinski definition) is 2. The van der Waals surface area contributed by atoms with Gasteiger partial charge in [-0.25, -0.2) is 15.0 Å². The Balaban J connectivity index is 1.50. The molecule has 0 saturated heterocycles. The first-order valence-electron chi connectivity index (χ1n) is 8.70. The number of carbonyl (C=O) groups excluding carboxylic acids is 1. The van der Waals surface area contributed by atoms with Crippen molar-refractivity contribution in [1.29, 1.82) is 0 Å². The fraction of sp³-hybridized carbons (Fsp3) is 0.100. The molecule has 0 aliphatic carbocycles. The van der Waals surface area contributed by atoms with E-state index in [0.717, 1.165) is 21.7 Å². The van der Waals surface area contributed by atoms with Crippen LogP contribution in [0.15, 0.2) is 60.9 Å². The minimum atomic E-state index is -0.235.